The van der Waals surface area contributed by atoms with Crippen LogP contribution in [0.4, 0.5) is 0 Å². The molecule has 1 fully saturated rings. The summed E-state index contributed by atoms with van der Waals surface area (Å²) in [4.78, 5) is 45.5. The van der Waals surface area contributed by atoms with Crippen LogP contribution in [0.2, 0.25) is 0 Å². The van der Waals surface area contributed by atoms with Gasteiger partial charge in [0, 0.05) is 38.4 Å². The van der Waals surface area contributed by atoms with Crippen LogP contribution in [0.15, 0.2) is 46.1 Å². The van der Waals surface area contributed by atoms with E-state index in [0.717, 1.165) is 35.9 Å². The van der Waals surface area contributed by atoms with Gasteiger partial charge in [0.2, 0.25) is 0 Å². The molecular formula is C22H25N5O3. The molecule has 4 rings (SSSR count). The second kappa shape index (κ2) is 8.22. The van der Waals surface area contributed by atoms with Crippen molar-refractivity contribution in [3.8, 4) is 0 Å². The third-order valence-electron chi connectivity index (χ3n) is 6.04. The van der Waals surface area contributed by atoms with Gasteiger partial charge in [-0.2, -0.15) is 0 Å². The van der Waals surface area contributed by atoms with Crippen molar-refractivity contribution in [3.05, 3.63) is 68.8 Å². The van der Waals surface area contributed by atoms with Crippen molar-refractivity contribution in [3.63, 3.8) is 0 Å². The maximum absolute atomic E-state index is 12.3. The molecule has 8 heteroatoms. The molecule has 3 aromatic heterocycles. The monoisotopic (exact) mass is 407 g/mol. The molecule has 0 radical (unpaired) electrons. The zero-order valence-electron chi connectivity index (χ0n) is 17.2. The van der Waals surface area contributed by atoms with Gasteiger partial charge in [-0.05, 0) is 55.9 Å². The number of pyridine rings is 2. The highest BCUT2D eigenvalue weighted by Crippen LogP contribution is 2.35. The summed E-state index contributed by atoms with van der Waals surface area (Å²) in [7, 11) is 3.12. The summed E-state index contributed by atoms with van der Waals surface area (Å²) in [6.07, 6.45) is 5.51. The first-order valence-electron chi connectivity index (χ1n) is 10.2. The van der Waals surface area contributed by atoms with Crippen molar-refractivity contribution in [1.82, 2.24) is 24.4 Å². The Bertz CT molecular complexity index is 1190. The molecule has 1 saturated carbocycles. The number of rotatable bonds is 4. The summed E-state index contributed by atoms with van der Waals surface area (Å²) < 4.78 is 2.53. The summed E-state index contributed by atoms with van der Waals surface area (Å²) in [6, 6.07) is 8.98. The van der Waals surface area contributed by atoms with Crippen LogP contribution >= 0.6 is 0 Å². The lowest BCUT2D eigenvalue weighted by molar-refractivity contribution is 0.0938. The zero-order valence-corrected chi connectivity index (χ0v) is 17.2. The fourth-order valence-corrected chi connectivity index (χ4v) is 4.18. The van der Waals surface area contributed by atoms with E-state index in [2.05, 4.69) is 15.3 Å². The van der Waals surface area contributed by atoms with Gasteiger partial charge in [-0.1, -0.05) is 6.07 Å². The SMILES string of the molecule is Cn1c(=O)c2ccc(C3CCC(CNC(=O)c4ccccn4)CC3)nc2n(C)c1=O. The maximum Gasteiger partial charge on any atom is 0.332 e. The highest BCUT2D eigenvalue weighted by atomic mass is 16.2. The third-order valence-corrected chi connectivity index (χ3v) is 6.04. The van der Waals surface area contributed by atoms with Crippen molar-refractivity contribution >= 4 is 16.9 Å². The number of amides is 1. The molecule has 1 aliphatic carbocycles. The third kappa shape index (κ3) is 3.77. The van der Waals surface area contributed by atoms with E-state index in [0.29, 0.717) is 29.2 Å². The second-order valence-electron chi connectivity index (χ2n) is 7.96. The van der Waals surface area contributed by atoms with Crippen LogP contribution in [0.5, 0.6) is 0 Å². The molecule has 3 heterocycles. The first-order chi connectivity index (χ1) is 14.5. The van der Waals surface area contributed by atoms with Crippen LogP contribution in [0.3, 0.4) is 0 Å². The molecule has 0 aromatic carbocycles. The molecule has 0 unspecified atom stereocenters. The van der Waals surface area contributed by atoms with Gasteiger partial charge in [-0.25, -0.2) is 9.78 Å². The van der Waals surface area contributed by atoms with Crippen molar-refractivity contribution in [1.29, 1.82) is 0 Å². The van der Waals surface area contributed by atoms with Crippen LogP contribution in [0.25, 0.3) is 11.0 Å². The topological polar surface area (TPSA) is 98.9 Å². The average molecular weight is 407 g/mol. The Hall–Kier alpha value is -3.29. The molecule has 0 bridgehead atoms. The number of hydrogen-bond acceptors (Lipinski definition) is 5. The normalized spacial score (nSPS) is 19.0. The number of aromatic nitrogens is 4. The Morgan fingerprint density at radius 1 is 1.07 bits per heavy atom. The fraction of sp³-hybridized carbons (Fsp3) is 0.409. The number of nitrogens with one attached hydrogen (secondary N) is 1. The zero-order chi connectivity index (χ0) is 21.3. The van der Waals surface area contributed by atoms with Gasteiger partial charge in [-0.15, -0.1) is 0 Å². The predicted molar refractivity (Wildman–Crippen MR) is 113 cm³/mol. The van der Waals surface area contributed by atoms with Gasteiger partial charge in [0.1, 0.15) is 11.3 Å². The van der Waals surface area contributed by atoms with E-state index >= 15 is 0 Å². The van der Waals surface area contributed by atoms with Gasteiger partial charge in [-0.3, -0.25) is 23.7 Å². The second-order valence-corrected chi connectivity index (χ2v) is 7.96. The molecular weight excluding hydrogens is 382 g/mol. The van der Waals surface area contributed by atoms with Crippen LogP contribution in [-0.2, 0) is 14.1 Å². The van der Waals surface area contributed by atoms with Crippen LogP contribution < -0.4 is 16.6 Å². The smallest absolute Gasteiger partial charge is 0.332 e. The molecule has 156 valence electrons. The van der Waals surface area contributed by atoms with Gasteiger partial charge >= 0.3 is 5.69 Å². The first-order valence-corrected chi connectivity index (χ1v) is 10.2. The Morgan fingerprint density at radius 3 is 2.53 bits per heavy atom. The van der Waals surface area contributed by atoms with Crippen molar-refractivity contribution in [2.24, 2.45) is 20.0 Å². The molecule has 0 spiro atoms. The van der Waals surface area contributed by atoms with Crippen molar-refractivity contribution < 1.29 is 4.79 Å². The maximum atomic E-state index is 12.3. The van der Waals surface area contributed by atoms with Crippen LogP contribution in [0.1, 0.15) is 47.8 Å². The van der Waals surface area contributed by atoms with Crippen LogP contribution in [-0.4, -0.2) is 31.6 Å². The van der Waals surface area contributed by atoms with Crippen molar-refractivity contribution in [2.45, 2.75) is 31.6 Å². The van der Waals surface area contributed by atoms with Gasteiger partial charge in [0.25, 0.3) is 11.5 Å². The quantitative estimate of drug-likeness (QED) is 0.710. The van der Waals surface area contributed by atoms with Crippen molar-refractivity contribution in [2.75, 3.05) is 6.54 Å². The Balaban J connectivity index is 1.42. The van der Waals surface area contributed by atoms with Gasteiger partial charge in [0.05, 0.1) is 5.39 Å². The summed E-state index contributed by atoms with van der Waals surface area (Å²) >= 11 is 0. The minimum atomic E-state index is -0.371. The molecule has 1 N–H and O–H groups in total. The predicted octanol–water partition coefficient (Wildman–Crippen LogP) is 1.73. The van der Waals surface area contributed by atoms with E-state index in [1.165, 1.54) is 11.6 Å². The molecule has 0 aliphatic heterocycles. The van der Waals surface area contributed by atoms with Gasteiger partial charge in [0.15, 0.2) is 0 Å². The molecule has 0 atom stereocenters. The highest BCUT2D eigenvalue weighted by molar-refractivity contribution is 5.92. The first kappa shape index (κ1) is 20.0. The molecule has 1 aliphatic rings. The summed E-state index contributed by atoms with van der Waals surface area (Å²) in [5.74, 6) is 0.568. The van der Waals surface area contributed by atoms with Gasteiger partial charge < -0.3 is 5.32 Å². The highest BCUT2D eigenvalue weighted by Gasteiger charge is 2.24. The van der Waals surface area contributed by atoms with E-state index in [1.807, 2.05) is 6.07 Å². The minimum absolute atomic E-state index is 0.142. The van der Waals surface area contributed by atoms with E-state index in [1.54, 1.807) is 37.5 Å². The minimum Gasteiger partial charge on any atom is -0.350 e. The van der Waals surface area contributed by atoms with E-state index in [4.69, 9.17) is 0 Å². The molecule has 3 aromatic rings. The lowest BCUT2D eigenvalue weighted by atomic mass is 9.80. The summed E-state index contributed by atoms with van der Waals surface area (Å²) in [5, 5.41) is 3.43. The number of carbonyl (C=O) groups is 1. The summed E-state index contributed by atoms with van der Waals surface area (Å²) in [6.45, 7) is 0.637. The molecule has 1 amide bonds. The fourth-order valence-electron chi connectivity index (χ4n) is 4.18. The molecule has 8 nitrogen and oxygen atoms in total. The number of hydrogen-bond donors (Lipinski definition) is 1. The number of aryl methyl sites for hydroxylation is 1. The Labute approximate surface area is 173 Å². The number of nitrogens with zero attached hydrogens (tertiary/aromatic N) is 4. The van der Waals surface area contributed by atoms with E-state index in [9.17, 15) is 14.4 Å². The van der Waals surface area contributed by atoms with E-state index in [-0.39, 0.29) is 23.1 Å². The standard InChI is InChI=1S/C22H25N5O3/c1-26-19-16(21(29)27(2)22(26)30)10-11-17(25-19)15-8-6-14(7-9-15)13-24-20(28)18-5-3-4-12-23-18/h3-5,10-12,14-15H,6-9,13H2,1-2H3,(H,24,28). The number of fused-ring (bicyclic) bond motifs is 1. The lowest BCUT2D eigenvalue weighted by Gasteiger charge is -2.28. The summed E-state index contributed by atoms with van der Waals surface area (Å²) in [5.41, 5.74) is 1.10. The average Bonchev–Trinajstić information content (AvgIpc) is 2.80. The molecule has 30 heavy (non-hydrogen) atoms. The Kier molecular flexibility index (Phi) is 5.48. The largest absolute Gasteiger partial charge is 0.350 e. The van der Waals surface area contributed by atoms with Crippen LogP contribution in [0, 0.1) is 5.92 Å². The van der Waals surface area contributed by atoms with E-state index < -0.39 is 0 Å². The number of carbonyl (C=O) groups excluding carboxylic acids is 1. The lowest BCUT2D eigenvalue weighted by Crippen LogP contribution is -2.37. The molecule has 0 saturated heterocycles. The Morgan fingerprint density at radius 2 is 1.83 bits per heavy atom.